The number of amides is 1. The van der Waals surface area contributed by atoms with Gasteiger partial charge in [0.2, 0.25) is 5.91 Å². The van der Waals surface area contributed by atoms with Crippen LogP contribution in [0, 0.1) is 5.92 Å². The fourth-order valence-electron chi connectivity index (χ4n) is 4.05. The number of benzene rings is 2. The Bertz CT molecular complexity index is 1330. The van der Waals surface area contributed by atoms with Gasteiger partial charge in [0.25, 0.3) is 10.0 Å². The highest BCUT2D eigenvalue weighted by molar-refractivity contribution is 7.96. The van der Waals surface area contributed by atoms with Crippen molar-refractivity contribution in [2.45, 2.75) is 32.0 Å². The van der Waals surface area contributed by atoms with E-state index in [9.17, 15) is 26.4 Å². The highest BCUT2D eigenvalue weighted by Crippen LogP contribution is 2.35. The van der Waals surface area contributed by atoms with Gasteiger partial charge in [-0.15, -0.1) is 0 Å². The number of sulfonamides is 1. The van der Waals surface area contributed by atoms with Crippen LogP contribution in [0.2, 0.25) is 0 Å². The molecule has 1 N–H and O–H groups in total. The summed E-state index contributed by atoms with van der Waals surface area (Å²) in [7, 11) is -2.47. The van der Waals surface area contributed by atoms with E-state index in [2.05, 4.69) is 9.82 Å². The zero-order chi connectivity index (χ0) is 26.1. The molecule has 2 aliphatic rings. The quantitative estimate of drug-likeness (QED) is 0.571. The molecule has 0 saturated carbocycles. The molecule has 2 aromatic carbocycles. The molecule has 0 bridgehead atoms. The third-order valence-electron chi connectivity index (χ3n) is 6.00. The molecule has 2 atom stereocenters. The van der Waals surface area contributed by atoms with Gasteiger partial charge in [0.1, 0.15) is 5.75 Å². The zero-order valence-corrected chi connectivity index (χ0v) is 20.3. The first kappa shape index (κ1) is 25.5. The highest BCUT2D eigenvalue weighted by atomic mass is 32.2. The van der Waals surface area contributed by atoms with Gasteiger partial charge in [-0.2, -0.15) is 18.3 Å². The summed E-state index contributed by atoms with van der Waals surface area (Å²) in [5.74, 6) is -1.21. The maximum atomic E-state index is 12.8. The van der Waals surface area contributed by atoms with Gasteiger partial charge in [0, 0.05) is 19.0 Å². The van der Waals surface area contributed by atoms with Gasteiger partial charge < -0.3 is 4.74 Å². The molecule has 2 aromatic rings. The van der Waals surface area contributed by atoms with E-state index >= 15 is 0 Å². The van der Waals surface area contributed by atoms with E-state index in [-0.39, 0.29) is 22.5 Å². The maximum absolute atomic E-state index is 12.8. The van der Waals surface area contributed by atoms with Crippen molar-refractivity contribution in [3.63, 3.8) is 0 Å². The SMILES string of the molecule is COc1ccc(C2CC(c3ccc(NS(=O)(=O)C4=CCC(C(F)(F)F)C=C4)cc3)=NN2C(C)=O)cc1. The Hall–Kier alpha value is -3.60. The van der Waals surface area contributed by atoms with Crippen LogP contribution in [0.1, 0.15) is 36.9 Å². The Kier molecular flexibility index (Phi) is 6.94. The van der Waals surface area contributed by atoms with Crippen molar-refractivity contribution < 1.29 is 31.1 Å². The molecule has 7 nitrogen and oxygen atoms in total. The lowest BCUT2D eigenvalue weighted by molar-refractivity contribution is -0.160. The second-order valence-corrected chi connectivity index (χ2v) is 10.1. The number of hydrogen-bond donors (Lipinski definition) is 1. The van der Waals surface area contributed by atoms with Crippen LogP contribution in [-0.2, 0) is 14.8 Å². The number of nitrogens with one attached hydrogen (secondary N) is 1. The van der Waals surface area contributed by atoms with E-state index in [0.717, 1.165) is 23.8 Å². The van der Waals surface area contributed by atoms with Gasteiger partial charge in [0.15, 0.2) is 0 Å². The van der Waals surface area contributed by atoms with E-state index in [4.69, 9.17) is 4.74 Å². The number of carbonyl (C=O) groups is 1. The minimum absolute atomic E-state index is 0.211. The van der Waals surface area contributed by atoms with Crippen LogP contribution in [-0.4, -0.2) is 38.3 Å². The first-order chi connectivity index (χ1) is 17.0. The van der Waals surface area contributed by atoms with Crippen LogP contribution in [0.5, 0.6) is 5.75 Å². The Morgan fingerprint density at radius 2 is 1.78 bits per heavy atom. The summed E-state index contributed by atoms with van der Waals surface area (Å²) >= 11 is 0. The van der Waals surface area contributed by atoms with Gasteiger partial charge in [-0.3, -0.25) is 9.52 Å². The van der Waals surface area contributed by atoms with E-state index in [1.807, 2.05) is 24.3 Å². The number of nitrogens with zero attached hydrogens (tertiary/aromatic N) is 2. The minimum atomic E-state index is -4.42. The van der Waals surface area contributed by atoms with Crippen LogP contribution in [0.15, 0.2) is 76.8 Å². The van der Waals surface area contributed by atoms with Crippen LogP contribution in [0.3, 0.4) is 0 Å². The van der Waals surface area contributed by atoms with E-state index in [1.54, 1.807) is 31.4 Å². The van der Waals surface area contributed by atoms with Crippen molar-refractivity contribution in [3.8, 4) is 5.75 Å². The van der Waals surface area contributed by atoms with Crippen molar-refractivity contribution in [3.05, 3.63) is 82.8 Å². The molecule has 0 radical (unpaired) electrons. The highest BCUT2D eigenvalue weighted by Gasteiger charge is 2.38. The van der Waals surface area contributed by atoms with E-state index < -0.39 is 28.5 Å². The number of carbonyl (C=O) groups excluding carboxylic acids is 1. The number of alkyl halides is 3. The minimum Gasteiger partial charge on any atom is -0.497 e. The third-order valence-corrected chi connectivity index (χ3v) is 7.43. The average Bonchev–Trinajstić information content (AvgIpc) is 3.30. The maximum Gasteiger partial charge on any atom is 0.395 e. The molecule has 1 aliphatic carbocycles. The number of methoxy groups -OCH3 is 1. The number of rotatable bonds is 6. The second-order valence-electron chi connectivity index (χ2n) is 8.44. The Morgan fingerprint density at radius 3 is 2.31 bits per heavy atom. The smallest absolute Gasteiger partial charge is 0.395 e. The molecule has 2 unspecified atom stereocenters. The molecule has 0 spiro atoms. The first-order valence-corrected chi connectivity index (χ1v) is 12.6. The molecule has 1 heterocycles. The average molecular weight is 520 g/mol. The molecule has 0 aromatic heterocycles. The van der Waals surface area contributed by atoms with Crippen molar-refractivity contribution in [2.24, 2.45) is 11.0 Å². The van der Waals surface area contributed by atoms with Crippen LogP contribution >= 0.6 is 0 Å². The largest absolute Gasteiger partial charge is 0.497 e. The fourth-order valence-corrected chi connectivity index (χ4v) is 5.19. The summed E-state index contributed by atoms with van der Waals surface area (Å²) < 4.78 is 71.3. The lowest BCUT2D eigenvalue weighted by Crippen LogP contribution is -2.24. The lowest BCUT2D eigenvalue weighted by atomic mass is 9.98. The third kappa shape index (κ3) is 5.46. The number of allylic oxidation sites excluding steroid dienone is 3. The van der Waals surface area contributed by atoms with Crippen molar-refractivity contribution in [2.75, 3.05) is 11.8 Å². The summed E-state index contributed by atoms with van der Waals surface area (Å²) in [6.07, 6.45) is -1.49. The Balaban J connectivity index is 1.47. The zero-order valence-electron chi connectivity index (χ0n) is 19.5. The summed E-state index contributed by atoms with van der Waals surface area (Å²) in [4.78, 5) is 12.0. The molecule has 36 heavy (non-hydrogen) atoms. The Labute approximate surface area is 207 Å². The predicted octanol–water partition coefficient (Wildman–Crippen LogP) is 5.16. The van der Waals surface area contributed by atoms with Crippen LogP contribution in [0.4, 0.5) is 18.9 Å². The summed E-state index contributed by atoms with van der Waals surface area (Å²) in [6, 6.07) is 13.5. The number of ether oxygens (including phenoxy) is 1. The normalized spacial score (nSPS) is 20.1. The molecule has 4 rings (SSSR count). The second kappa shape index (κ2) is 9.81. The topological polar surface area (TPSA) is 88.1 Å². The molecular formula is C25H24F3N3O4S. The van der Waals surface area contributed by atoms with Crippen LogP contribution < -0.4 is 9.46 Å². The van der Waals surface area contributed by atoms with Crippen molar-refractivity contribution in [1.29, 1.82) is 0 Å². The van der Waals surface area contributed by atoms with Gasteiger partial charge in [0.05, 0.1) is 29.7 Å². The van der Waals surface area contributed by atoms with Crippen LogP contribution in [0.25, 0.3) is 0 Å². The van der Waals surface area contributed by atoms with E-state index in [1.165, 1.54) is 11.9 Å². The van der Waals surface area contributed by atoms with Gasteiger partial charge in [-0.05, 0) is 47.9 Å². The molecule has 1 aliphatic heterocycles. The molecule has 0 fully saturated rings. The van der Waals surface area contributed by atoms with Gasteiger partial charge in [-0.1, -0.05) is 36.4 Å². The number of halogens is 3. The Morgan fingerprint density at radius 1 is 1.11 bits per heavy atom. The summed E-state index contributed by atoms with van der Waals surface area (Å²) in [6.45, 7) is 1.44. The number of hydrazone groups is 1. The monoisotopic (exact) mass is 519 g/mol. The summed E-state index contributed by atoms with van der Waals surface area (Å²) in [5.41, 5.74) is 2.52. The molecule has 1 amide bonds. The molecule has 190 valence electrons. The van der Waals surface area contributed by atoms with Crippen molar-refractivity contribution in [1.82, 2.24) is 5.01 Å². The van der Waals surface area contributed by atoms with Crippen molar-refractivity contribution >= 4 is 27.3 Å². The molecule has 11 heteroatoms. The molecule has 0 saturated heterocycles. The predicted molar refractivity (Wildman–Crippen MR) is 130 cm³/mol. The van der Waals surface area contributed by atoms with E-state index in [0.29, 0.717) is 23.4 Å². The van der Waals surface area contributed by atoms with Gasteiger partial charge in [-0.25, -0.2) is 13.4 Å². The first-order valence-electron chi connectivity index (χ1n) is 11.1. The number of anilines is 1. The fraction of sp³-hybridized carbons (Fsp3) is 0.280. The number of hydrogen-bond acceptors (Lipinski definition) is 5. The lowest BCUT2D eigenvalue weighted by Gasteiger charge is -2.20. The standard InChI is InChI=1S/C25H24F3N3O4S/c1-16(32)31-24(18-5-11-21(35-2)12-6-18)15-23(29-31)17-3-9-20(10-4-17)30-36(33,34)22-13-7-19(8-14-22)25(26,27)28/h3-7,9-14,19,24,30H,8,15H2,1-2H3. The summed E-state index contributed by atoms with van der Waals surface area (Å²) in [5, 5.41) is 5.90. The van der Waals surface area contributed by atoms with Gasteiger partial charge >= 0.3 is 6.18 Å². The molecular weight excluding hydrogens is 495 g/mol.